The fraction of sp³-hybridized carbons (Fsp3) is 0.737. The maximum Gasteiger partial charge on any atom is 0.472 e. The lowest BCUT2D eigenvalue weighted by atomic mass is 9.85. The molecule has 6 unspecified atom stereocenters. The van der Waals surface area contributed by atoms with Gasteiger partial charge in [0.05, 0.1) is 6.61 Å². The molecular weight excluding hydrogens is 695 g/mol. The van der Waals surface area contributed by atoms with Gasteiger partial charge in [0.1, 0.15) is 43.2 Å². The van der Waals surface area contributed by atoms with Crippen molar-refractivity contribution < 1.29 is 63.1 Å². The molecule has 0 aromatic heterocycles. The molecule has 1 aliphatic carbocycles. The summed E-state index contributed by atoms with van der Waals surface area (Å²) in [5.41, 5.74) is 0. The fourth-order valence-corrected chi connectivity index (χ4v) is 6.39. The molecule has 0 amide bonds. The third kappa shape index (κ3) is 22.1. The van der Waals surface area contributed by atoms with Crippen LogP contribution in [0.25, 0.3) is 0 Å². The molecule has 1 saturated carbocycles. The summed E-state index contributed by atoms with van der Waals surface area (Å²) in [5.74, 6) is -1.14. The molecule has 0 aromatic rings. The first-order valence-electron chi connectivity index (χ1n) is 19.0. The number of phosphoric ester groups is 1. The van der Waals surface area contributed by atoms with E-state index in [1.54, 1.807) is 0 Å². The molecule has 0 heterocycles. The number of esters is 2. The summed E-state index contributed by atoms with van der Waals surface area (Å²) >= 11 is 0. The number of phosphoric acid groups is 1. The van der Waals surface area contributed by atoms with E-state index in [1.807, 2.05) is 36.5 Å². The van der Waals surface area contributed by atoms with Gasteiger partial charge in [-0.2, -0.15) is 0 Å². The zero-order chi connectivity index (χ0) is 38.6. The van der Waals surface area contributed by atoms with Gasteiger partial charge in [-0.3, -0.25) is 18.6 Å². The molecule has 1 rings (SSSR count). The third-order valence-corrected chi connectivity index (χ3v) is 9.51. The Kier molecular flexibility index (Phi) is 26.9. The number of allylic oxidation sites excluding steroid dienone is 8. The van der Waals surface area contributed by atoms with Crippen LogP contribution in [0, 0.1) is 0 Å². The minimum Gasteiger partial charge on any atom is -0.462 e. The van der Waals surface area contributed by atoms with Crippen molar-refractivity contribution in [1.29, 1.82) is 0 Å². The van der Waals surface area contributed by atoms with E-state index in [9.17, 15) is 44.6 Å². The highest BCUT2D eigenvalue weighted by Gasteiger charge is 2.51. The zero-order valence-electron chi connectivity index (χ0n) is 31.1. The molecule has 13 nitrogen and oxygen atoms in total. The van der Waals surface area contributed by atoms with Crippen LogP contribution in [0.5, 0.6) is 0 Å². The lowest BCUT2D eigenvalue weighted by Crippen LogP contribution is -2.64. The van der Waals surface area contributed by atoms with Crippen molar-refractivity contribution in [3.8, 4) is 0 Å². The maximum atomic E-state index is 12.7. The molecule has 14 heteroatoms. The summed E-state index contributed by atoms with van der Waals surface area (Å²) in [7, 11) is -5.11. The lowest BCUT2D eigenvalue weighted by molar-refractivity contribution is -0.220. The summed E-state index contributed by atoms with van der Waals surface area (Å²) in [6, 6.07) is 0. The average Bonchev–Trinajstić information content (AvgIpc) is 3.12. The SMILES string of the molecule is CC/C=C/C=C/C=C/C=C/CCCCCCCC(=O)OC[C@@H](COP(=O)(O)OC1C(O)C(O)C(O)[C@H](O)C1O)OC(=O)CCCCCCCCCC. The summed E-state index contributed by atoms with van der Waals surface area (Å²) in [4.78, 5) is 35.3. The molecule has 0 radical (unpaired) electrons. The van der Waals surface area contributed by atoms with E-state index in [2.05, 4.69) is 26.0 Å². The van der Waals surface area contributed by atoms with Crippen molar-refractivity contribution in [2.24, 2.45) is 0 Å². The molecule has 0 spiro atoms. The standard InChI is InChI=1S/C38H65O13P/c1-3-5-7-9-11-13-14-15-16-17-18-19-21-22-24-26-31(39)48-28-30(50-32(40)27-25-23-20-12-10-8-6-4-2)29-49-52(46,47)51-38-36(44)34(42)33(41)35(43)37(38)45/h5,7,9,11,13-16,30,33-38,41-45H,3-4,6,8,10,12,17-29H2,1-2H3,(H,46,47)/b7-5+,11-9+,14-13+,16-15+/t30-,33?,34-,35?,36?,37?,38?/m0/s1. The second-order valence-electron chi connectivity index (χ2n) is 13.1. The van der Waals surface area contributed by atoms with E-state index >= 15 is 0 Å². The van der Waals surface area contributed by atoms with Crippen LogP contribution < -0.4 is 0 Å². The van der Waals surface area contributed by atoms with Gasteiger partial charge >= 0.3 is 19.8 Å². The van der Waals surface area contributed by atoms with E-state index in [0.29, 0.717) is 12.8 Å². The van der Waals surface area contributed by atoms with Gasteiger partial charge in [-0.15, -0.1) is 0 Å². The van der Waals surface area contributed by atoms with Crippen molar-refractivity contribution >= 4 is 19.8 Å². The van der Waals surface area contributed by atoms with E-state index < -0.39 is 75.7 Å². The van der Waals surface area contributed by atoms with Gasteiger partial charge < -0.3 is 39.9 Å². The normalized spacial score (nSPS) is 24.2. The number of ether oxygens (including phenoxy) is 2. The van der Waals surface area contributed by atoms with Gasteiger partial charge in [-0.1, -0.05) is 127 Å². The van der Waals surface area contributed by atoms with Crippen molar-refractivity contribution in [2.45, 2.75) is 166 Å². The van der Waals surface area contributed by atoms with Crippen LogP contribution in [0.3, 0.4) is 0 Å². The Morgan fingerprint density at radius 1 is 0.615 bits per heavy atom. The van der Waals surface area contributed by atoms with Gasteiger partial charge in [-0.25, -0.2) is 4.57 Å². The van der Waals surface area contributed by atoms with Crippen LogP contribution in [0.1, 0.15) is 123 Å². The van der Waals surface area contributed by atoms with Crippen molar-refractivity contribution in [2.75, 3.05) is 13.2 Å². The molecule has 0 bridgehead atoms. The van der Waals surface area contributed by atoms with Crippen LogP contribution in [0.4, 0.5) is 0 Å². The largest absolute Gasteiger partial charge is 0.472 e. The Morgan fingerprint density at radius 2 is 1.10 bits per heavy atom. The minimum absolute atomic E-state index is 0.0893. The van der Waals surface area contributed by atoms with E-state index in [0.717, 1.165) is 64.2 Å². The van der Waals surface area contributed by atoms with Gasteiger partial charge in [0, 0.05) is 12.8 Å². The second-order valence-corrected chi connectivity index (χ2v) is 14.6. The maximum absolute atomic E-state index is 12.7. The summed E-state index contributed by atoms with van der Waals surface area (Å²) in [6.07, 6.45) is 17.8. The number of unbranched alkanes of at least 4 members (excludes halogenated alkanes) is 12. The number of rotatable bonds is 29. The lowest BCUT2D eigenvalue weighted by Gasteiger charge is -2.41. The summed E-state index contributed by atoms with van der Waals surface area (Å²) in [5, 5.41) is 49.8. The monoisotopic (exact) mass is 760 g/mol. The Labute approximate surface area is 310 Å². The Hall–Kier alpha value is -2.19. The number of carbonyl (C=O) groups is 2. The van der Waals surface area contributed by atoms with E-state index in [4.69, 9.17) is 18.5 Å². The molecule has 300 valence electrons. The average molecular weight is 761 g/mol. The van der Waals surface area contributed by atoms with Crippen molar-refractivity contribution in [3.63, 3.8) is 0 Å². The number of aliphatic hydroxyl groups excluding tert-OH is 5. The quantitative estimate of drug-likeness (QED) is 0.0236. The smallest absolute Gasteiger partial charge is 0.462 e. The van der Waals surface area contributed by atoms with E-state index in [1.165, 1.54) is 19.3 Å². The van der Waals surface area contributed by atoms with E-state index in [-0.39, 0.29) is 12.8 Å². The molecule has 6 N–H and O–H groups in total. The van der Waals surface area contributed by atoms with Crippen molar-refractivity contribution in [3.05, 3.63) is 48.6 Å². The van der Waals surface area contributed by atoms with Gasteiger partial charge in [0.2, 0.25) is 0 Å². The summed E-state index contributed by atoms with van der Waals surface area (Å²) < 4.78 is 33.2. The number of hydrogen-bond acceptors (Lipinski definition) is 12. The van der Waals surface area contributed by atoms with Crippen LogP contribution in [0.15, 0.2) is 48.6 Å². The molecule has 52 heavy (non-hydrogen) atoms. The van der Waals surface area contributed by atoms with Gasteiger partial charge in [-0.05, 0) is 32.1 Å². The van der Waals surface area contributed by atoms with Crippen LogP contribution in [-0.4, -0.2) is 98.3 Å². The molecule has 8 atom stereocenters. The highest BCUT2D eigenvalue weighted by molar-refractivity contribution is 7.47. The highest BCUT2D eigenvalue weighted by Crippen LogP contribution is 2.47. The topological polar surface area (TPSA) is 210 Å². The molecule has 0 aromatic carbocycles. The second kappa shape index (κ2) is 29.2. The van der Waals surface area contributed by atoms with Crippen LogP contribution in [-0.2, 0) is 32.7 Å². The first-order chi connectivity index (χ1) is 24.9. The summed E-state index contributed by atoms with van der Waals surface area (Å²) in [6.45, 7) is 3.05. The third-order valence-electron chi connectivity index (χ3n) is 8.53. The molecule has 1 fully saturated rings. The van der Waals surface area contributed by atoms with Crippen LogP contribution >= 0.6 is 7.82 Å². The first kappa shape index (κ1) is 47.8. The Bertz CT molecular complexity index is 1110. The fourth-order valence-electron chi connectivity index (χ4n) is 5.41. The predicted molar refractivity (Wildman–Crippen MR) is 198 cm³/mol. The first-order valence-corrected chi connectivity index (χ1v) is 20.5. The highest BCUT2D eigenvalue weighted by atomic mass is 31.2. The van der Waals surface area contributed by atoms with Crippen molar-refractivity contribution in [1.82, 2.24) is 0 Å². The number of carbonyl (C=O) groups excluding carboxylic acids is 2. The molecule has 1 aliphatic rings. The van der Waals surface area contributed by atoms with Gasteiger partial charge in [0.25, 0.3) is 0 Å². The number of aliphatic hydroxyl groups is 5. The number of hydrogen-bond donors (Lipinski definition) is 6. The Morgan fingerprint density at radius 3 is 1.67 bits per heavy atom. The minimum atomic E-state index is -5.11. The van der Waals surface area contributed by atoms with Crippen LogP contribution in [0.2, 0.25) is 0 Å². The molecular formula is C38H65O13P. The predicted octanol–water partition coefficient (Wildman–Crippen LogP) is 5.66. The molecule has 0 saturated heterocycles. The zero-order valence-corrected chi connectivity index (χ0v) is 32.0. The Balaban J connectivity index is 2.54. The molecule has 0 aliphatic heterocycles. The van der Waals surface area contributed by atoms with Gasteiger partial charge in [0.15, 0.2) is 6.10 Å².